The van der Waals surface area contributed by atoms with E-state index in [0.717, 1.165) is 11.1 Å². The van der Waals surface area contributed by atoms with E-state index in [2.05, 4.69) is 0 Å². The molecule has 0 aliphatic carbocycles. The number of amides is 1. The van der Waals surface area contributed by atoms with Crippen molar-refractivity contribution in [2.24, 2.45) is 0 Å². The Balaban J connectivity index is 1.96. The summed E-state index contributed by atoms with van der Waals surface area (Å²) in [5.74, 6) is -0.670. The van der Waals surface area contributed by atoms with Gasteiger partial charge in [0.2, 0.25) is 0 Å². The first-order valence-electron chi connectivity index (χ1n) is 8.00. The summed E-state index contributed by atoms with van der Waals surface area (Å²) in [6.45, 7) is 2.37. The van der Waals surface area contributed by atoms with E-state index in [9.17, 15) is 9.59 Å². The molecule has 0 radical (unpaired) electrons. The third-order valence-electron chi connectivity index (χ3n) is 4.23. The molecule has 0 fully saturated rings. The van der Waals surface area contributed by atoms with Gasteiger partial charge in [0.1, 0.15) is 6.04 Å². The first-order valence-corrected chi connectivity index (χ1v) is 8.76. The van der Waals surface area contributed by atoms with Crippen molar-refractivity contribution in [1.29, 1.82) is 0 Å². The normalized spacial score (nSPS) is 16.3. The van der Waals surface area contributed by atoms with E-state index in [1.165, 1.54) is 6.07 Å². The summed E-state index contributed by atoms with van der Waals surface area (Å²) in [5.41, 5.74) is 2.47. The molecule has 2 aromatic carbocycles. The van der Waals surface area contributed by atoms with Gasteiger partial charge >= 0.3 is 5.97 Å². The molecule has 1 unspecified atom stereocenters. The minimum absolute atomic E-state index is 0.270. The number of ether oxygens (including phenoxy) is 1. The summed E-state index contributed by atoms with van der Waals surface area (Å²) < 4.78 is 5.18. The zero-order chi connectivity index (χ0) is 18.0. The molecule has 0 saturated carbocycles. The highest BCUT2D eigenvalue weighted by Crippen LogP contribution is 2.28. The molecule has 0 bridgehead atoms. The predicted octanol–water partition coefficient (Wildman–Crippen LogP) is 4.12. The third kappa shape index (κ3) is 3.65. The lowest BCUT2D eigenvalue weighted by Gasteiger charge is -2.35. The smallest absolute Gasteiger partial charge is 0.329 e. The van der Waals surface area contributed by atoms with Gasteiger partial charge in [-0.2, -0.15) is 0 Å². The van der Waals surface area contributed by atoms with Gasteiger partial charge in [0.15, 0.2) is 0 Å². The van der Waals surface area contributed by atoms with Gasteiger partial charge in [-0.1, -0.05) is 47.5 Å². The number of carbonyl (C=O) groups excluding carboxylic acids is 2. The molecule has 1 aliphatic rings. The molecular weight excluding hydrogens is 361 g/mol. The fourth-order valence-corrected chi connectivity index (χ4v) is 3.28. The summed E-state index contributed by atoms with van der Waals surface area (Å²) in [6, 6.07) is 11.8. The van der Waals surface area contributed by atoms with Gasteiger partial charge in [-0.25, -0.2) is 4.79 Å². The average molecular weight is 378 g/mol. The fraction of sp³-hybridized carbons (Fsp3) is 0.263. The summed E-state index contributed by atoms with van der Waals surface area (Å²) in [7, 11) is 0. The van der Waals surface area contributed by atoms with E-state index < -0.39 is 12.0 Å². The molecule has 0 N–H and O–H groups in total. The van der Waals surface area contributed by atoms with Crippen LogP contribution in [0.5, 0.6) is 0 Å². The van der Waals surface area contributed by atoms with Crippen LogP contribution in [0, 0.1) is 0 Å². The van der Waals surface area contributed by atoms with Crippen molar-refractivity contribution >= 4 is 35.1 Å². The highest BCUT2D eigenvalue weighted by atomic mass is 35.5. The van der Waals surface area contributed by atoms with Crippen LogP contribution in [0.1, 0.15) is 28.4 Å². The topological polar surface area (TPSA) is 46.6 Å². The lowest BCUT2D eigenvalue weighted by molar-refractivity contribution is -0.149. The van der Waals surface area contributed by atoms with E-state index >= 15 is 0 Å². The minimum atomic E-state index is -0.656. The molecule has 25 heavy (non-hydrogen) atoms. The largest absolute Gasteiger partial charge is 0.464 e. The van der Waals surface area contributed by atoms with Crippen molar-refractivity contribution in [3.8, 4) is 0 Å². The van der Waals surface area contributed by atoms with Gasteiger partial charge in [0, 0.05) is 18.5 Å². The third-order valence-corrected chi connectivity index (χ3v) is 4.97. The van der Waals surface area contributed by atoms with Gasteiger partial charge in [-0.15, -0.1) is 0 Å². The lowest BCUT2D eigenvalue weighted by Crippen LogP contribution is -2.49. The first-order chi connectivity index (χ1) is 12.0. The maximum Gasteiger partial charge on any atom is 0.329 e. The Morgan fingerprint density at radius 1 is 1.12 bits per heavy atom. The Hall–Kier alpha value is -2.04. The molecule has 1 heterocycles. The number of fused-ring (bicyclic) bond motifs is 1. The minimum Gasteiger partial charge on any atom is -0.464 e. The number of rotatable bonds is 3. The lowest BCUT2D eigenvalue weighted by atomic mass is 9.93. The zero-order valence-corrected chi connectivity index (χ0v) is 15.2. The molecule has 2 aromatic rings. The Labute approximate surface area is 156 Å². The van der Waals surface area contributed by atoms with Crippen LogP contribution >= 0.6 is 23.2 Å². The van der Waals surface area contributed by atoms with Crippen LogP contribution in [0.25, 0.3) is 0 Å². The van der Waals surface area contributed by atoms with E-state index in [1.54, 1.807) is 24.0 Å². The van der Waals surface area contributed by atoms with Gasteiger partial charge in [0.05, 0.1) is 16.7 Å². The van der Waals surface area contributed by atoms with Crippen molar-refractivity contribution in [2.75, 3.05) is 6.61 Å². The summed E-state index contributed by atoms with van der Waals surface area (Å²) in [4.78, 5) is 27.0. The first kappa shape index (κ1) is 17.8. The molecule has 6 heteroatoms. The number of carbonyl (C=O) groups is 2. The molecule has 0 spiro atoms. The number of hydrogen-bond donors (Lipinski definition) is 0. The SMILES string of the molecule is CCOC(=O)C1Cc2ccccc2CN1C(=O)c1ccc(Cl)c(Cl)c1. The van der Waals surface area contributed by atoms with Crippen LogP contribution in [0.2, 0.25) is 10.0 Å². The van der Waals surface area contributed by atoms with Crippen molar-refractivity contribution in [3.63, 3.8) is 0 Å². The van der Waals surface area contributed by atoms with Crippen molar-refractivity contribution in [2.45, 2.75) is 25.9 Å². The molecule has 4 nitrogen and oxygen atoms in total. The second-order valence-corrected chi connectivity index (χ2v) is 6.62. The summed E-state index contributed by atoms with van der Waals surface area (Å²) >= 11 is 12.0. The molecular formula is C19H17Cl2NO3. The molecule has 1 aliphatic heterocycles. The number of halogens is 2. The van der Waals surface area contributed by atoms with Crippen LogP contribution in [0.4, 0.5) is 0 Å². The molecule has 1 amide bonds. The number of nitrogens with zero attached hydrogens (tertiary/aromatic N) is 1. The van der Waals surface area contributed by atoms with E-state index in [4.69, 9.17) is 27.9 Å². The number of esters is 1. The second-order valence-electron chi connectivity index (χ2n) is 5.80. The van der Waals surface area contributed by atoms with E-state index in [0.29, 0.717) is 28.6 Å². The molecule has 1 atom stereocenters. The zero-order valence-electron chi connectivity index (χ0n) is 13.7. The molecule has 0 saturated heterocycles. The maximum absolute atomic E-state index is 13.0. The average Bonchev–Trinajstić information content (AvgIpc) is 2.62. The van der Waals surface area contributed by atoms with E-state index in [1.807, 2.05) is 24.3 Å². The monoisotopic (exact) mass is 377 g/mol. The van der Waals surface area contributed by atoms with Gasteiger partial charge in [0.25, 0.3) is 5.91 Å². The van der Waals surface area contributed by atoms with Gasteiger partial charge < -0.3 is 9.64 Å². The Kier molecular flexibility index (Phi) is 5.30. The molecule has 0 aromatic heterocycles. The summed E-state index contributed by atoms with van der Waals surface area (Å²) in [6.07, 6.45) is 0.433. The van der Waals surface area contributed by atoms with Crippen molar-refractivity contribution in [1.82, 2.24) is 4.90 Å². The summed E-state index contributed by atoms with van der Waals surface area (Å²) in [5, 5.41) is 0.682. The highest BCUT2D eigenvalue weighted by molar-refractivity contribution is 6.42. The number of hydrogen-bond acceptors (Lipinski definition) is 3. The Morgan fingerprint density at radius 3 is 2.52 bits per heavy atom. The van der Waals surface area contributed by atoms with Crippen LogP contribution in [0.15, 0.2) is 42.5 Å². The predicted molar refractivity (Wildman–Crippen MR) is 96.9 cm³/mol. The highest BCUT2D eigenvalue weighted by Gasteiger charge is 2.36. The molecule has 3 rings (SSSR count). The van der Waals surface area contributed by atoms with Crippen molar-refractivity contribution in [3.05, 3.63) is 69.2 Å². The molecule has 130 valence electrons. The van der Waals surface area contributed by atoms with Crippen LogP contribution < -0.4 is 0 Å². The Bertz CT molecular complexity index is 822. The van der Waals surface area contributed by atoms with Crippen LogP contribution in [-0.2, 0) is 22.5 Å². The quantitative estimate of drug-likeness (QED) is 0.755. The fourth-order valence-electron chi connectivity index (χ4n) is 2.98. The Morgan fingerprint density at radius 2 is 1.84 bits per heavy atom. The van der Waals surface area contributed by atoms with Crippen molar-refractivity contribution < 1.29 is 14.3 Å². The van der Waals surface area contributed by atoms with E-state index in [-0.39, 0.29) is 12.5 Å². The maximum atomic E-state index is 13.0. The van der Waals surface area contributed by atoms with Crippen LogP contribution in [-0.4, -0.2) is 29.4 Å². The van der Waals surface area contributed by atoms with Gasteiger partial charge in [-0.3, -0.25) is 4.79 Å². The van der Waals surface area contributed by atoms with Crippen LogP contribution in [0.3, 0.4) is 0 Å². The van der Waals surface area contributed by atoms with Gasteiger partial charge in [-0.05, 0) is 36.2 Å². The standard InChI is InChI=1S/C19H17Cl2NO3/c1-2-25-19(24)17-10-12-5-3-4-6-14(12)11-22(17)18(23)13-7-8-15(20)16(21)9-13/h3-9,17H,2,10-11H2,1H3. The second kappa shape index (κ2) is 7.46. The number of benzene rings is 2.